The Labute approximate surface area is 127 Å². The monoisotopic (exact) mass is 287 g/mol. The molecule has 0 radical (unpaired) electrons. The van der Waals surface area contributed by atoms with Crippen molar-refractivity contribution in [1.82, 2.24) is 0 Å². The number of anilines is 1. The summed E-state index contributed by atoms with van der Waals surface area (Å²) in [5, 5.41) is 0. The van der Waals surface area contributed by atoms with E-state index in [4.69, 9.17) is 4.74 Å². The number of amides is 1. The molecule has 1 fully saturated rings. The lowest BCUT2D eigenvalue weighted by atomic mass is 9.98. The van der Waals surface area contributed by atoms with Crippen LogP contribution in [0.4, 0.5) is 5.69 Å². The highest BCUT2D eigenvalue weighted by molar-refractivity contribution is 5.94. The summed E-state index contributed by atoms with van der Waals surface area (Å²) < 4.78 is 5.73. The number of fused-ring (bicyclic) bond motifs is 1. The number of aryl methyl sites for hydroxylation is 2. The average Bonchev–Trinajstić information content (AvgIpc) is 2.52. The number of hydrogen-bond acceptors (Lipinski definition) is 2. The maximum absolute atomic E-state index is 12.6. The highest BCUT2D eigenvalue weighted by Gasteiger charge is 2.23. The van der Waals surface area contributed by atoms with E-state index in [1.54, 1.807) is 0 Å². The lowest BCUT2D eigenvalue weighted by Crippen LogP contribution is -2.36. The third kappa shape index (κ3) is 3.46. The van der Waals surface area contributed by atoms with Crippen molar-refractivity contribution in [1.29, 1.82) is 0 Å². The fourth-order valence-electron chi connectivity index (χ4n) is 3.44. The first-order chi connectivity index (χ1) is 10.2. The van der Waals surface area contributed by atoms with Gasteiger partial charge in [0.1, 0.15) is 0 Å². The Kier molecular flexibility index (Phi) is 4.59. The molecule has 0 N–H and O–H groups in total. The van der Waals surface area contributed by atoms with E-state index in [1.807, 2.05) is 4.90 Å². The van der Waals surface area contributed by atoms with Gasteiger partial charge in [0, 0.05) is 25.3 Å². The normalized spacial score (nSPS) is 22.0. The molecule has 3 nitrogen and oxygen atoms in total. The molecule has 2 aliphatic heterocycles. The van der Waals surface area contributed by atoms with Gasteiger partial charge in [-0.25, -0.2) is 0 Å². The van der Waals surface area contributed by atoms with Crippen LogP contribution in [0.2, 0.25) is 0 Å². The predicted octanol–water partition coefficient (Wildman–Crippen LogP) is 3.62. The number of nitrogens with zero attached hydrogens (tertiary/aromatic N) is 1. The van der Waals surface area contributed by atoms with Crippen molar-refractivity contribution in [2.45, 2.75) is 58.0 Å². The molecule has 0 aromatic heterocycles. The summed E-state index contributed by atoms with van der Waals surface area (Å²) in [6, 6.07) is 6.44. The van der Waals surface area contributed by atoms with Crippen molar-refractivity contribution in [2.75, 3.05) is 18.1 Å². The molecule has 3 rings (SSSR count). The number of carbonyl (C=O) groups excluding carboxylic acids is 1. The molecule has 0 spiro atoms. The van der Waals surface area contributed by atoms with Crippen LogP contribution in [0.25, 0.3) is 0 Å². The molecule has 0 saturated carbocycles. The van der Waals surface area contributed by atoms with Gasteiger partial charge < -0.3 is 9.64 Å². The average molecular weight is 287 g/mol. The fraction of sp³-hybridized carbons (Fsp3) is 0.611. The number of rotatable bonds is 3. The second-order valence-electron chi connectivity index (χ2n) is 6.31. The summed E-state index contributed by atoms with van der Waals surface area (Å²) in [4.78, 5) is 14.5. The minimum Gasteiger partial charge on any atom is -0.378 e. The molecule has 114 valence electrons. The van der Waals surface area contributed by atoms with Gasteiger partial charge in [-0.3, -0.25) is 4.79 Å². The van der Waals surface area contributed by atoms with Crippen molar-refractivity contribution < 1.29 is 9.53 Å². The fourth-order valence-corrected chi connectivity index (χ4v) is 3.44. The van der Waals surface area contributed by atoms with E-state index in [1.165, 1.54) is 24.0 Å². The van der Waals surface area contributed by atoms with Gasteiger partial charge in [-0.2, -0.15) is 0 Å². The number of benzene rings is 1. The smallest absolute Gasteiger partial charge is 0.227 e. The van der Waals surface area contributed by atoms with Gasteiger partial charge in [0.2, 0.25) is 5.91 Å². The van der Waals surface area contributed by atoms with Crippen LogP contribution in [0, 0.1) is 6.92 Å². The molecule has 1 amide bonds. The lowest BCUT2D eigenvalue weighted by Gasteiger charge is -2.30. The summed E-state index contributed by atoms with van der Waals surface area (Å²) in [6.07, 6.45) is 7.46. The van der Waals surface area contributed by atoms with Gasteiger partial charge >= 0.3 is 0 Å². The minimum atomic E-state index is 0.258. The SMILES string of the molecule is Cc1ccc2c(c1)CCCN2C(=O)CCC1CCCCO1. The number of carbonyl (C=O) groups is 1. The highest BCUT2D eigenvalue weighted by atomic mass is 16.5. The van der Waals surface area contributed by atoms with E-state index in [0.29, 0.717) is 12.5 Å². The number of ether oxygens (including phenoxy) is 1. The summed E-state index contributed by atoms with van der Waals surface area (Å²) in [6.45, 7) is 3.84. The minimum absolute atomic E-state index is 0.258. The Morgan fingerprint density at radius 2 is 2.24 bits per heavy atom. The van der Waals surface area contributed by atoms with Crippen molar-refractivity contribution in [2.24, 2.45) is 0 Å². The molecule has 0 bridgehead atoms. The summed E-state index contributed by atoms with van der Waals surface area (Å²) in [5.41, 5.74) is 3.73. The first kappa shape index (κ1) is 14.6. The van der Waals surface area contributed by atoms with E-state index in [0.717, 1.165) is 44.5 Å². The molecule has 2 heterocycles. The Morgan fingerprint density at radius 1 is 1.33 bits per heavy atom. The van der Waals surface area contributed by atoms with Gasteiger partial charge in [-0.05, 0) is 57.1 Å². The molecular weight excluding hydrogens is 262 g/mol. The topological polar surface area (TPSA) is 29.5 Å². The van der Waals surface area contributed by atoms with Gasteiger partial charge in [0.25, 0.3) is 0 Å². The Bertz CT molecular complexity index is 506. The second-order valence-corrected chi connectivity index (χ2v) is 6.31. The molecular formula is C18H25NO2. The lowest BCUT2D eigenvalue weighted by molar-refractivity contribution is -0.119. The third-order valence-electron chi connectivity index (χ3n) is 4.61. The number of hydrogen-bond donors (Lipinski definition) is 0. The molecule has 1 saturated heterocycles. The quantitative estimate of drug-likeness (QED) is 0.849. The van der Waals surface area contributed by atoms with Gasteiger partial charge in [0.15, 0.2) is 0 Å². The van der Waals surface area contributed by atoms with Crippen LogP contribution in [-0.2, 0) is 16.0 Å². The van der Waals surface area contributed by atoms with Crippen LogP contribution < -0.4 is 4.90 Å². The van der Waals surface area contributed by atoms with Crippen LogP contribution in [0.15, 0.2) is 18.2 Å². The second kappa shape index (κ2) is 6.61. The van der Waals surface area contributed by atoms with Crippen molar-refractivity contribution in [3.05, 3.63) is 29.3 Å². The van der Waals surface area contributed by atoms with E-state index in [-0.39, 0.29) is 5.91 Å². The summed E-state index contributed by atoms with van der Waals surface area (Å²) >= 11 is 0. The van der Waals surface area contributed by atoms with Crippen molar-refractivity contribution >= 4 is 11.6 Å². The predicted molar refractivity (Wildman–Crippen MR) is 84.7 cm³/mol. The van der Waals surface area contributed by atoms with Gasteiger partial charge in [0.05, 0.1) is 6.10 Å². The molecule has 1 aromatic carbocycles. The largest absolute Gasteiger partial charge is 0.378 e. The molecule has 0 aliphatic carbocycles. The molecule has 1 atom stereocenters. The Morgan fingerprint density at radius 3 is 3.05 bits per heavy atom. The van der Waals surface area contributed by atoms with E-state index in [2.05, 4.69) is 25.1 Å². The Balaban J connectivity index is 1.63. The zero-order chi connectivity index (χ0) is 14.7. The molecule has 1 aromatic rings. The van der Waals surface area contributed by atoms with Crippen LogP contribution in [-0.4, -0.2) is 25.2 Å². The summed E-state index contributed by atoms with van der Waals surface area (Å²) in [7, 11) is 0. The maximum Gasteiger partial charge on any atom is 0.227 e. The first-order valence-electron chi connectivity index (χ1n) is 8.25. The van der Waals surface area contributed by atoms with Crippen LogP contribution in [0.3, 0.4) is 0 Å². The Hall–Kier alpha value is -1.35. The van der Waals surface area contributed by atoms with E-state index in [9.17, 15) is 4.79 Å². The highest BCUT2D eigenvalue weighted by Crippen LogP contribution is 2.29. The van der Waals surface area contributed by atoms with Crippen LogP contribution in [0.5, 0.6) is 0 Å². The van der Waals surface area contributed by atoms with Crippen LogP contribution >= 0.6 is 0 Å². The zero-order valence-corrected chi connectivity index (χ0v) is 12.9. The van der Waals surface area contributed by atoms with Gasteiger partial charge in [-0.1, -0.05) is 17.7 Å². The van der Waals surface area contributed by atoms with Gasteiger partial charge in [-0.15, -0.1) is 0 Å². The standard InChI is InChI=1S/C18H25NO2/c1-14-7-9-17-15(13-14)5-4-11-19(17)18(20)10-8-16-6-2-3-12-21-16/h7,9,13,16H,2-6,8,10-12H2,1H3. The van der Waals surface area contributed by atoms with E-state index >= 15 is 0 Å². The van der Waals surface area contributed by atoms with Crippen LogP contribution in [0.1, 0.15) is 49.7 Å². The molecule has 1 unspecified atom stereocenters. The first-order valence-corrected chi connectivity index (χ1v) is 8.25. The zero-order valence-electron chi connectivity index (χ0n) is 12.9. The molecule has 3 heteroatoms. The van der Waals surface area contributed by atoms with Crippen molar-refractivity contribution in [3.8, 4) is 0 Å². The maximum atomic E-state index is 12.6. The molecule has 21 heavy (non-hydrogen) atoms. The summed E-state index contributed by atoms with van der Waals surface area (Å²) in [5.74, 6) is 0.258. The van der Waals surface area contributed by atoms with E-state index < -0.39 is 0 Å². The molecule has 2 aliphatic rings. The van der Waals surface area contributed by atoms with Crippen molar-refractivity contribution in [3.63, 3.8) is 0 Å². The third-order valence-corrected chi connectivity index (χ3v) is 4.61.